The van der Waals surface area contributed by atoms with Crippen LogP contribution in [-0.2, 0) is 4.79 Å². The Balaban J connectivity index is 1.48. The fourth-order valence-corrected chi connectivity index (χ4v) is 3.81. The highest BCUT2D eigenvalue weighted by atomic mass is 35.5. The van der Waals surface area contributed by atoms with E-state index in [0.717, 1.165) is 16.8 Å². The van der Waals surface area contributed by atoms with Crippen molar-refractivity contribution in [3.63, 3.8) is 0 Å². The first-order chi connectivity index (χ1) is 16.1. The van der Waals surface area contributed by atoms with Gasteiger partial charge in [0.1, 0.15) is 5.75 Å². The van der Waals surface area contributed by atoms with Crippen molar-refractivity contribution < 1.29 is 9.53 Å². The first-order valence-corrected chi connectivity index (χ1v) is 11.2. The van der Waals surface area contributed by atoms with E-state index in [0.29, 0.717) is 21.8 Å². The molecule has 0 aliphatic heterocycles. The molecular weight excluding hydrogens is 460 g/mol. The Kier molecular flexibility index (Phi) is 7.33. The molecule has 4 aromatic rings. The Morgan fingerprint density at radius 3 is 2.70 bits per heavy atom. The number of methoxy groups -OCH3 is 1. The topological polar surface area (TPSA) is 94.3 Å². The molecule has 0 aliphatic carbocycles. The number of rotatable bonds is 8. The fraction of sp³-hybridized carbons (Fsp3) is 0.0870. The van der Waals surface area contributed by atoms with Gasteiger partial charge in [-0.2, -0.15) is 5.10 Å². The van der Waals surface area contributed by atoms with Crippen LogP contribution < -0.4 is 10.2 Å². The predicted octanol–water partition coefficient (Wildman–Crippen LogP) is 4.23. The number of amides is 1. The number of halogens is 1. The standard InChI is InChI=1S/C23H19ClN6O2S/c1-32-20-4-2-3-16(13-20)14-26-27-21(31)15-33-23-29-28-22(17-9-11-25-12-10-17)30(23)19-7-5-18(24)6-8-19/h2-14H,15H2,1H3,(H,27,31). The second-order valence-corrected chi connectivity index (χ2v) is 8.09. The summed E-state index contributed by atoms with van der Waals surface area (Å²) in [4.78, 5) is 16.4. The third-order valence-electron chi connectivity index (χ3n) is 4.49. The van der Waals surface area contributed by atoms with Crippen molar-refractivity contribution in [2.24, 2.45) is 5.10 Å². The van der Waals surface area contributed by atoms with Crippen LogP contribution in [0.5, 0.6) is 5.75 Å². The Morgan fingerprint density at radius 1 is 1.15 bits per heavy atom. The molecule has 166 valence electrons. The molecule has 1 amide bonds. The second-order valence-electron chi connectivity index (χ2n) is 6.71. The van der Waals surface area contributed by atoms with Gasteiger partial charge in [-0.15, -0.1) is 10.2 Å². The third-order valence-corrected chi connectivity index (χ3v) is 5.67. The highest BCUT2D eigenvalue weighted by Crippen LogP contribution is 2.28. The van der Waals surface area contributed by atoms with Crippen LogP contribution in [0.1, 0.15) is 5.56 Å². The summed E-state index contributed by atoms with van der Waals surface area (Å²) in [5.74, 6) is 1.19. The van der Waals surface area contributed by atoms with Crippen LogP contribution in [0.3, 0.4) is 0 Å². The lowest BCUT2D eigenvalue weighted by Gasteiger charge is -2.10. The lowest BCUT2D eigenvalue weighted by atomic mass is 10.2. The lowest BCUT2D eigenvalue weighted by Crippen LogP contribution is -2.20. The number of benzene rings is 2. The van der Waals surface area contributed by atoms with Crippen LogP contribution in [0.4, 0.5) is 0 Å². The summed E-state index contributed by atoms with van der Waals surface area (Å²) in [7, 11) is 1.60. The summed E-state index contributed by atoms with van der Waals surface area (Å²) in [6, 6.07) is 18.4. The minimum atomic E-state index is -0.268. The summed E-state index contributed by atoms with van der Waals surface area (Å²) in [6.07, 6.45) is 4.94. The minimum absolute atomic E-state index is 0.109. The number of hydrogen-bond acceptors (Lipinski definition) is 7. The van der Waals surface area contributed by atoms with Crippen molar-refractivity contribution in [3.05, 3.63) is 83.6 Å². The number of hydrazone groups is 1. The zero-order chi connectivity index (χ0) is 23.0. The smallest absolute Gasteiger partial charge is 0.250 e. The van der Waals surface area contributed by atoms with E-state index in [-0.39, 0.29) is 11.7 Å². The predicted molar refractivity (Wildman–Crippen MR) is 129 cm³/mol. The average Bonchev–Trinajstić information content (AvgIpc) is 3.28. The number of carbonyl (C=O) groups is 1. The van der Waals surface area contributed by atoms with Crippen molar-refractivity contribution in [2.45, 2.75) is 5.16 Å². The molecule has 0 spiro atoms. The number of nitrogens with one attached hydrogen (secondary N) is 1. The monoisotopic (exact) mass is 478 g/mol. The fourth-order valence-electron chi connectivity index (χ4n) is 2.94. The first kappa shape index (κ1) is 22.5. The number of nitrogens with zero attached hydrogens (tertiary/aromatic N) is 5. The Bertz CT molecular complexity index is 1260. The summed E-state index contributed by atoms with van der Waals surface area (Å²) < 4.78 is 7.06. The van der Waals surface area contributed by atoms with Crippen molar-refractivity contribution in [2.75, 3.05) is 12.9 Å². The molecular formula is C23H19ClN6O2S. The van der Waals surface area contributed by atoms with Gasteiger partial charge in [-0.3, -0.25) is 14.3 Å². The van der Waals surface area contributed by atoms with Crippen molar-refractivity contribution in [1.82, 2.24) is 25.2 Å². The quantitative estimate of drug-likeness (QED) is 0.231. The number of aromatic nitrogens is 4. The second kappa shape index (κ2) is 10.8. The highest BCUT2D eigenvalue weighted by molar-refractivity contribution is 7.99. The van der Waals surface area contributed by atoms with E-state index in [9.17, 15) is 4.79 Å². The number of ether oxygens (including phenoxy) is 1. The highest BCUT2D eigenvalue weighted by Gasteiger charge is 2.17. The molecule has 33 heavy (non-hydrogen) atoms. The summed E-state index contributed by atoms with van der Waals surface area (Å²) in [5.41, 5.74) is 5.02. The normalized spacial score (nSPS) is 11.0. The summed E-state index contributed by atoms with van der Waals surface area (Å²) in [6.45, 7) is 0. The summed E-state index contributed by atoms with van der Waals surface area (Å²) >= 11 is 7.31. The number of hydrogen-bond donors (Lipinski definition) is 1. The van der Waals surface area contributed by atoms with Crippen LogP contribution >= 0.6 is 23.4 Å². The van der Waals surface area contributed by atoms with Crippen molar-refractivity contribution in [1.29, 1.82) is 0 Å². The zero-order valence-electron chi connectivity index (χ0n) is 17.6. The lowest BCUT2D eigenvalue weighted by molar-refractivity contribution is -0.118. The first-order valence-electron chi connectivity index (χ1n) is 9.84. The number of thioether (sulfide) groups is 1. The van der Waals surface area contributed by atoms with Crippen LogP contribution in [-0.4, -0.2) is 44.7 Å². The van der Waals surface area contributed by atoms with Gasteiger partial charge < -0.3 is 4.74 Å². The van der Waals surface area contributed by atoms with Gasteiger partial charge in [0, 0.05) is 28.7 Å². The van der Waals surface area contributed by atoms with E-state index in [1.165, 1.54) is 11.8 Å². The zero-order valence-corrected chi connectivity index (χ0v) is 19.1. The largest absolute Gasteiger partial charge is 0.497 e. The molecule has 0 saturated heterocycles. The van der Waals surface area contributed by atoms with Gasteiger partial charge in [-0.1, -0.05) is 35.5 Å². The summed E-state index contributed by atoms with van der Waals surface area (Å²) in [5, 5.41) is 13.8. The van der Waals surface area contributed by atoms with Gasteiger partial charge in [0.15, 0.2) is 11.0 Å². The molecule has 0 atom stereocenters. The van der Waals surface area contributed by atoms with Crippen molar-refractivity contribution in [3.8, 4) is 22.8 Å². The molecule has 0 bridgehead atoms. The van der Waals surface area contributed by atoms with Gasteiger partial charge in [0.05, 0.1) is 19.1 Å². The van der Waals surface area contributed by atoms with E-state index < -0.39 is 0 Å². The molecule has 4 rings (SSSR count). The van der Waals surface area contributed by atoms with Gasteiger partial charge in [0.25, 0.3) is 5.91 Å². The maximum atomic E-state index is 12.3. The van der Waals surface area contributed by atoms with Gasteiger partial charge in [0.2, 0.25) is 0 Å². The average molecular weight is 479 g/mol. The number of carbonyl (C=O) groups excluding carboxylic acids is 1. The molecule has 0 saturated carbocycles. The van der Waals surface area contributed by atoms with Crippen LogP contribution in [0.15, 0.2) is 83.3 Å². The van der Waals surface area contributed by atoms with Gasteiger partial charge in [-0.05, 0) is 54.1 Å². The van der Waals surface area contributed by atoms with E-state index in [2.05, 4.69) is 25.7 Å². The Morgan fingerprint density at radius 2 is 1.94 bits per heavy atom. The third kappa shape index (κ3) is 5.76. The minimum Gasteiger partial charge on any atom is -0.497 e. The molecule has 8 nitrogen and oxygen atoms in total. The molecule has 0 fully saturated rings. The molecule has 1 N–H and O–H groups in total. The molecule has 2 heterocycles. The van der Waals surface area contributed by atoms with E-state index in [4.69, 9.17) is 16.3 Å². The molecule has 0 radical (unpaired) electrons. The van der Waals surface area contributed by atoms with Crippen LogP contribution in [0.2, 0.25) is 5.02 Å². The maximum Gasteiger partial charge on any atom is 0.250 e. The molecule has 2 aromatic carbocycles. The van der Waals surface area contributed by atoms with E-state index in [1.54, 1.807) is 37.9 Å². The molecule has 10 heteroatoms. The van der Waals surface area contributed by atoms with E-state index in [1.807, 2.05) is 53.1 Å². The number of pyridine rings is 1. The van der Waals surface area contributed by atoms with Gasteiger partial charge >= 0.3 is 0 Å². The Labute approximate surface area is 199 Å². The van der Waals surface area contributed by atoms with E-state index >= 15 is 0 Å². The Hall–Kier alpha value is -3.69. The molecule has 2 aromatic heterocycles. The van der Waals surface area contributed by atoms with Crippen LogP contribution in [0, 0.1) is 0 Å². The maximum absolute atomic E-state index is 12.3. The molecule has 0 aliphatic rings. The van der Waals surface area contributed by atoms with Crippen LogP contribution in [0.25, 0.3) is 17.1 Å². The van der Waals surface area contributed by atoms with Gasteiger partial charge in [-0.25, -0.2) is 5.43 Å². The van der Waals surface area contributed by atoms with Crippen molar-refractivity contribution >= 4 is 35.5 Å². The molecule has 0 unspecified atom stereocenters. The SMILES string of the molecule is COc1cccc(C=NNC(=O)CSc2nnc(-c3ccncc3)n2-c2ccc(Cl)cc2)c1.